The smallest absolute Gasteiger partial charge is 0.320 e. The van der Waals surface area contributed by atoms with Gasteiger partial charge in [-0.05, 0) is 12.3 Å². The summed E-state index contributed by atoms with van der Waals surface area (Å²) in [6, 6.07) is 1.29. The highest BCUT2D eigenvalue weighted by molar-refractivity contribution is 5.74. The molecule has 2 rings (SSSR count). The summed E-state index contributed by atoms with van der Waals surface area (Å²) in [5, 5.41) is 16.2. The molecule has 1 fully saturated rings. The quantitative estimate of drug-likeness (QED) is 0.782. The number of aliphatic carboxylic acids is 1. The number of carboxylic acid groups (broad SMARTS) is 1. The lowest BCUT2D eigenvalue weighted by Crippen LogP contribution is -2.41. The Balaban J connectivity index is 2.00. The number of nitrogens with zero attached hydrogens (tertiary/aromatic N) is 2. The van der Waals surface area contributed by atoms with Gasteiger partial charge in [0.1, 0.15) is 12.3 Å². The molecule has 122 valence electrons. The van der Waals surface area contributed by atoms with E-state index < -0.39 is 12.0 Å². The van der Waals surface area contributed by atoms with Gasteiger partial charge in [-0.3, -0.25) is 14.5 Å². The van der Waals surface area contributed by atoms with E-state index in [0.29, 0.717) is 26.1 Å². The fraction of sp³-hybridized carbons (Fsp3) is 0.667. The van der Waals surface area contributed by atoms with Crippen LogP contribution in [0.25, 0.3) is 0 Å². The number of hydrogen-bond acceptors (Lipinski definition) is 5. The van der Waals surface area contributed by atoms with Gasteiger partial charge in [0.15, 0.2) is 0 Å². The van der Waals surface area contributed by atoms with Gasteiger partial charge in [-0.2, -0.15) is 0 Å². The first-order valence-corrected chi connectivity index (χ1v) is 7.62. The number of nitrogens with one attached hydrogen (secondary N) is 1. The molecule has 3 atom stereocenters. The lowest BCUT2D eigenvalue weighted by Gasteiger charge is -2.26. The van der Waals surface area contributed by atoms with Crippen LogP contribution in [0, 0.1) is 5.92 Å². The third-order valence-corrected chi connectivity index (χ3v) is 4.27. The molecule has 1 saturated heterocycles. The number of carbonyl (C=O) groups is 2. The molecule has 7 nitrogen and oxygen atoms in total. The zero-order valence-corrected chi connectivity index (χ0v) is 13.0. The molecular weight excluding hydrogens is 286 g/mol. The number of rotatable bonds is 7. The van der Waals surface area contributed by atoms with Crippen LogP contribution in [0.1, 0.15) is 38.3 Å². The molecule has 2 heterocycles. The molecule has 1 aliphatic heterocycles. The van der Waals surface area contributed by atoms with Crippen LogP contribution in [0.3, 0.4) is 0 Å². The number of hydrogen-bond donors (Lipinski definition) is 2. The van der Waals surface area contributed by atoms with Crippen LogP contribution in [-0.2, 0) is 9.59 Å². The maximum atomic E-state index is 11.5. The van der Waals surface area contributed by atoms with Crippen molar-refractivity contribution in [3.63, 3.8) is 0 Å². The Hall–Kier alpha value is -1.89. The summed E-state index contributed by atoms with van der Waals surface area (Å²) >= 11 is 0. The van der Waals surface area contributed by atoms with Crippen molar-refractivity contribution >= 4 is 11.9 Å². The third kappa shape index (κ3) is 4.07. The van der Waals surface area contributed by atoms with Gasteiger partial charge in [0.25, 0.3) is 0 Å². The van der Waals surface area contributed by atoms with Crippen LogP contribution in [0.4, 0.5) is 0 Å². The monoisotopic (exact) mass is 309 g/mol. The van der Waals surface area contributed by atoms with Crippen LogP contribution in [0.15, 0.2) is 16.9 Å². The van der Waals surface area contributed by atoms with Gasteiger partial charge in [0.2, 0.25) is 5.91 Å². The van der Waals surface area contributed by atoms with E-state index >= 15 is 0 Å². The van der Waals surface area contributed by atoms with E-state index in [2.05, 4.69) is 10.5 Å². The Labute approximate surface area is 129 Å². The second-order valence-corrected chi connectivity index (χ2v) is 5.88. The van der Waals surface area contributed by atoms with E-state index in [-0.39, 0.29) is 17.7 Å². The second kappa shape index (κ2) is 7.40. The first-order chi connectivity index (χ1) is 10.5. The van der Waals surface area contributed by atoms with Crippen LogP contribution in [0.5, 0.6) is 0 Å². The van der Waals surface area contributed by atoms with Crippen LogP contribution in [0.2, 0.25) is 0 Å². The van der Waals surface area contributed by atoms with Crippen LogP contribution < -0.4 is 5.32 Å². The zero-order valence-electron chi connectivity index (χ0n) is 13.0. The van der Waals surface area contributed by atoms with Crippen LogP contribution in [-0.4, -0.2) is 52.7 Å². The van der Waals surface area contributed by atoms with E-state index in [1.165, 1.54) is 13.2 Å². The summed E-state index contributed by atoms with van der Waals surface area (Å²) in [6.07, 6.45) is 2.94. The molecular formula is C15H23N3O4. The van der Waals surface area contributed by atoms with Crippen molar-refractivity contribution in [1.82, 2.24) is 15.4 Å². The highest BCUT2D eigenvalue weighted by atomic mass is 16.5. The van der Waals surface area contributed by atoms with E-state index in [0.717, 1.165) is 12.1 Å². The minimum atomic E-state index is -0.805. The average molecular weight is 309 g/mol. The zero-order chi connectivity index (χ0) is 16.1. The van der Waals surface area contributed by atoms with Crippen molar-refractivity contribution in [2.45, 2.75) is 38.6 Å². The fourth-order valence-corrected chi connectivity index (χ4v) is 2.97. The highest BCUT2D eigenvalue weighted by Gasteiger charge is 2.39. The number of carbonyl (C=O) groups excluding carboxylic acids is 1. The van der Waals surface area contributed by atoms with Crippen molar-refractivity contribution in [2.24, 2.45) is 5.92 Å². The van der Waals surface area contributed by atoms with Crippen molar-refractivity contribution < 1.29 is 19.2 Å². The maximum absolute atomic E-state index is 11.5. The Morgan fingerprint density at radius 3 is 2.91 bits per heavy atom. The highest BCUT2D eigenvalue weighted by Crippen LogP contribution is 2.31. The first-order valence-electron chi connectivity index (χ1n) is 7.62. The molecule has 0 aromatic carbocycles. The van der Waals surface area contributed by atoms with Gasteiger partial charge < -0.3 is 14.9 Å². The molecule has 0 bridgehead atoms. The van der Waals surface area contributed by atoms with Crippen LogP contribution >= 0.6 is 0 Å². The van der Waals surface area contributed by atoms with Gasteiger partial charge in [-0.15, -0.1) is 0 Å². The largest absolute Gasteiger partial charge is 0.480 e. The molecule has 2 N–H and O–H groups in total. The number of aromatic nitrogens is 1. The normalized spacial score (nSPS) is 23.4. The lowest BCUT2D eigenvalue weighted by atomic mass is 10.0. The van der Waals surface area contributed by atoms with Gasteiger partial charge in [-0.25, -0.2) is 0 Å². The summed E-state index contributed by atoms with van der Waals surface area (Å²) in [6.45, 7) is 5.42. The minimum Gasteiger partial charge on any atom is -0.480 e. The molecule has 0 radical (unpaired) electrons. The molecule has 1 aliphatic rings. The van der Waals surface area contributed by atoms with E-state index in [4.69, 9.17) is 4.52 Å². The minimum absolute atomic E-state index is 0.0601. The Kier molecular flexibility index (Phi) is 5.54. The SMILES string of the molecule is CCC(CNC(C)=O)CN1C[C@H](c2ccon2)C[C@@H]1C(=O)O. The molecule has 1 aromatic heterocycles. The lowest BCUT2D eigenvalue weighted by molar-refractivity contribution is -0.142. The van der Waals surface area contributed by atoms with Gasteiger partial charge in [0, 0.05) is 38.5 Å². The topological polar surface area (TPSA) is 95.7 Å². The molecule has 1 unspecified atom stereocenters. The van der Waals surface area contributed by atoms with Crippen molar-refractivity contribution in [3.05, 3.63) is 18.0 Å². The summed E-state index contributed by atoms with van der Waals surface area (Å²) < 4.78 is 4.86. The fourth-order valence-electron chi connectivity index (χ4n) is 2.97. The molecule has 1 amide bonds. The van der Waals surface area contributed by atoms with Crippen molar-refractivity contribution in [2.75, 3.05) is 19.6 Å². The summed E-state index contributed by atoms with van der Waals surface area (Å²) in [5.74, 6) is -0.546. The molecule has 1 aromatic rings. The van der Waals surface area contributed by atoms with Crippen molar-refractivity contribution in [1.29, 1.82) is 0 Å². The summed E-state index contributed by atoms with van der Waals surface area (Å²) in [5.41, 5.74) is 0.809. The van der Waals surface area contributed by atoms with E-state index in [1.807, 2.05) is 11.8 Å². The number of likely N-dealkylation sites (tertiary alicyclic amines) is 1. The average Bonchev–Trinajstić information content (AvgIpc) is 3.11. The van der Waals surface area contributed by atoms with E-state index in [1.54, 1.807) is 6.07 Å². The predicted octanol–water partition coefficient (Wildman–Crippen LogP) is 1.08. The molecule has 7 heteroatoms. The standard InChI is InChI=1S/C15H23N3O4/c1-3-11(7-16-10(2)19)8-18-9-12(6-14(18)15(20)21)13-4-5-22-17-13/h4-5,11-12,14H,3,6-9H2,1-2H3,(H,16,19)(H,20,21)/t11?,12-,14-/m1/s1. The Bertz CT molecular complexity index is 503. The number of carboxylic acids is 1. The molecule has 0 spiro atoms. The molecule has 0 aliphatic carbocycles. The molecule has 22 heavy (non-hydrogen) atoms. The van der Waals surface area contributed by atoms with E-state index in [9.17, 15) is 14.7 Å². The second-order valence-electron chi connectivity index (χ2n) is 5.88. The maximum Gasteiger partial charge on any atom is 0.320 e. The summed E-state index contributed by atoms with van der Waals surface area (Å²) in [7, 11) is 0. The summed E-state index contributed by atoms with van der Waals surface area (Å²) in [4.78, 5) is 24.5. The number of amides is 1. The third-order valence-electron chi connectivity index (χ3n) is 4.27. The first kappa shape index (κ1) is 16.5. The Morgan fingerprint density at radius 2 is 2.36 bits per heavy atom. The van der Waals surface area contributed by atoms with Gasteiger partial charge >= 0.3 is 5.97 Å². The van der Waals surface area contributed by atoms with Crippen molar-refractivity contribution in [3.8, 4) is 0 Å². The molecule has 0 saturated carbocycles. The predicted molar refractivity (Wildman–Crippen MR) is 79.3 cm³/mol. The Morgan fingerprint density at radius 1 is 1.59 bits per heavy atom. The van der Waals surface area contributed by atoms with Gasteiger partial charge in [-0.1, -0.05) is 18.5 Å². The van der Waals surface area contributed by atoms with Gasteiger partial charge in [0.05, 0.1) is 5.69 Å².